The number of carbonyl (C=O) groups excluding carboxylic acids is 2. The van der Waals surface area contributed by atoms with E-state index < -0.39 is 0 Å². The van der Waals surface area contributed by atoms with Crippen LogP contribution in [0.3, 0.4) is 0 Å². The number of anilines is 1. The van der Waals surface area contributed by atoms with Crippen molar-refractivity contribution in [1.29, 1.82) is 0 Å². The van der Waals surface area contributed by atoms with Crippen molar-refractivity contribution in [3.05, 3.63) is 59.9 Å². The molecule has 0 aliphatic carbocycles. The third-order valence-corrected chi connectivity index (χ3v) is 3.44. The highest BCUT2D eigenvalue weighted by Gasteiger charge is 2.07. The van der Waals surface area contributed by atoms with E-state index in [1.54, 1.807) is 30.6 Å². The average Bonchev–Trinajstić information content (AvgIpc) is 2.59. The minimum atomic E-state index is -0.199. The van der Waals surface area contributed by atoms with Gasteiger partial charge in [-0.3, -0.25) is 14.6 Å². The van der Waals surface area contributed by atoms with Gasteiger partial charge < -0.3 is 16.4 Å². The fourth-order valence-electron chi connectivity index (χ4n) is 2.11. The van der Waals surface area contributed by atoms with Crippen LogP contribution in [0.25, 0.3) is 0 Å². The van der Waals surface area contributed by atoms with Crippen LogP contribution in [0.5, 0.6) is 0 Å². The summed E-state index contributed by atoms with van der Waals surface area (Å²) >= 11 is 0. The second-order valence-electron chi connectivity index (χ2n) is 5.68. The van der Waals surface area contributed by atoms with Crippen molar-refractivity contribution in [3.63, 3.8) is 0 Å². The fourth-order valence-corrected chi connectivity index (χ4v) is 2.11. The van der Waals surface area contributed by atoms with E-state index in [4.69, 9.17) is 5.73 Å². The van der Waals surface area contributed by atoms with Gasteiger partial charge in [-0.05, 0) is 43.2 Å². The number of hydrogen-bond acceptors (Lipinski definition) is 4. The summed E-state index contributed by atoms with van der Waals surface area (Å²) in [6, 6.07) is 10.7. The molecule has 1 unspecified atom stereocenters. The monoisotopic (exact) mass is 398 g/mol. The Morgan fingerprint density at radius 2 is 1.85 bits per heavy atom. The second kappa shape index (κ2) is 12.2. The molecule has 2 rings (SSSR count). The molecule has 1 aromatic carbocycles. The van der Waals surface area contributed by atoms with E-state index in [0.29, 0.717) is 30.6 Å². The Bertz CT molecular complexity index is 697. The van der Waals surface area contributed by atoms with E-state index >= 15 is 0 Å². The number of rotatable bonds is 7. The highest BCUT2D eigenvalue weighted by atomic mass is 35.5. The second-order valence-corrected chi connectivity index (χ2v) is 5.68. The molecule has 2 aromatic rings. The van der Waals surface area contributed by atoms with Crippen molar-refractivity contribution in [2.24, 2.45) is 5.73 Å². The van der Waals surface area contributed by atoms with Gasteiger partial charge in [-0.15, -0.1) is 24.8 Å². The van der Waals surface area contributed by atoms with Gasteiger partial charge in [0.1, 0.15) is 0 Å². The molecule has 1 heterocycles. The summed E-state index contributed by atoms with van der Waals surface area (Å²) in [6.45, 7) is 2.29. The Morgan fingerprint density at radius 1 is 1.15 bits per heavy atom. The predicted octanol–water partition coefficient (Wildman–Crippen LogP) is 2.92. The molecular weight excluding hydrogens is 375 g/mol. The van der Waals surface area contributed by atoms with Crippen LogP contribution < -0.4 is 16.4 Å². The number of amides is 2. The van der Waals surface area contributed by atoms with Gasteiger partial charge in [0, 0.05) is 42.7 Å². The molecule has 2 amide bonds. The number of hydrogen-bond donors (Lipinski definition) is 3. The summed E-state index contributed by atoms with van der Waals surface area (Å²) in [7, 11) is 0. The van der Waals surface area contributed by atoms with Crippen LogP contribution in [-0.4, -0.2) is 22.8 Å². The standard InChI is InChI=1S/C18H22N4O2.2ClH/c1-13(19)5-6-17(23)21-12-14-3-2-4-16(11-14)22-18(24)15-7-9-20-10-8-15;;/h2-4,7-11,13H,5-6,12,19H2,1H3,(H,21,23)(H,22,24);2*1H. The molecule has 0 radical (unpaired) electrons. The first-order valence-electron chi connectivity index (χ1n) is 7.87. The molecule has 8 heteroatoms. The van der Waals surface area contributed by atoms with E-state index in [1.165, 1.54) is 0 Å². The van der Waals surface area contributed by atoms with Gasteiger partial charge in [0.05, 0.1) is 0 Å². The number of pyridine rings is 1. The number of benzene rings is 1. The third kappa shape index (κ3) is 8.29. The predicted molar refractivity (Wildman–Crippen MR) is 108 cm³/mol. The summed E-state index contributed by atoms with van der Waals surface area (Å²) in [6.07, 6.45) is 4.22. The lowest BCUT2D eigenvalue weighted by Crippen LogP contribution is -2.25. The van der Waals surface area contributed by atoms with Gasteiger partial charge in [-0.2, -0.15) is 0 Å². The smallest absolute Gasteiger partial charge is 0.255 e. The van der Waals surface area contributed by atoms with Crippen molar-refractivity contribution in [2.45, 2.75) is 32.4 Å². The topological polar surface area (TPSA) is 97.1 Å². The minimum absolute atomic E-state index is 0. The Labute approximate surface area is 165 Å². The zero-order valence-electron chi connectivity index (χ0n) is 14.5. The lowest BCUT2D eigenvalue weighted by molar-refractivity contribution is -0.121. The van der Waals surface area contributed by atoms with Crippen LogP contribution >= 0.6 is 24.8 Å². The lowest BCUT2D eigenvalue weighted by atomic mass is 10.1. The van der Waals surface area contributed by atoms with Crippen molar-refractivity contribution in [3.8, 4) is 0 Å². The van der Waals surface area contributed by atoms with Crippen LogP contribution in [0.2, 0.25) is 0 Å². The minimum Gasteiger partial charge on any atom is -0.352 e. The quantitative estimate of drug-likeness (QED) is 0.667. The number of nitrogens with one attached hydrogen (secondary N) is 2. The Kier molecular flexibility index (Phi) is 11.2. The summed E-state index contributed by atoms with van der Waals surface area (Å²) in [4.78, 5) is 27.7. The zero-order valence-corrected chi connectivity index (χ0v) is 16.1. The van der Waals surface area contributed by atoms with Crippen LogP contribution in [0.1, 0.15) is 35.7 Å². The molecule has 0 aliphatic rings. The van der Waals surface area contributed by atoms with E-state index in [9.17, 15) is 9.59 Å². The molecule has 26 heavy (non-hydrogen) atoms. The molecule has 4 N–H and O–H groups in total. The number of nitrogens with two attached hydrogens (primary N) is 1. The molecule has 0 saturated heterocycles. The summed E-state index contributed by atoms with van der Waals surface area (Å²) < 4.78 is 0. The molecular formula is C18H24Cl2N4O2. The van der Waals surface area contributed by atoms with Gasteiger partial charge in [0.2, 0.25) is 5.91 Å². The maximum absolute atomic E-state index is 12.1. The summed E-state index contributed by atoms with van der Waals surface area (Å²) in [5, 5.41) is 5.68. The van der Waals surface area contributed by atoms with Crippen LogP contribution in [0.4, 0.5) is 5.69 Å². The molecule has 142 valence electrons. The molecule has 0 fully saturated rings. The lowest BCUT2D eigenvalue weighted by Gasteiger charge is -2.09. The maximum atomic E-state index is 12.1. The van der Waals surface area contributed by atoms with E-state index in [0.717, 1.165) is 5.56 Å². The fraction of sp³-hybridized carbons (Fsp3) is 0.278. The largest absolute Gasteiger partial charge is 0.352 e. The molecule has 6 nitrogen and oxygen atoms in total. The highest BCUT2D eigenvalue weighted by Crippen LogP contribution is 2.12. The number of nitrogens with zero attached hydrogens (tertiary/aromatic N) is 1. The van der Waals surface area contributed by atoms with Crippen molar-refractivity contribution < 1.29 is 9.59 Å². The summed E-state index contributed by atoms with van der Waals surface area (Å²) in [5.74, 6) is -0.228. The van der Waals surface area contributed by atoms with E-state index in [1.807, 2.05) is 25.1 Å². The molecule has 0 bridgehead atoms. The van der Waals surface area contributed by atoms with Gasteiger partial charge in [0.25, 0.3) is 5.91 Å². The van der Waals surface area contributed by atoms with Crippen LogP contribution in [-0.2, 0) is 11.3 Å². The average molecular weight is 399 g/mol. The SMILES string of the molecule is CC(N)CCC(=O)NCc1cccc(NC(=O)c2ccncc2)c1.Cl.Cl. The first-order chi connectivity index (χ1) is 11.5. The Morgan fingerprint density at radius 3 is 2.50 bits per heavy atom. The van der Waals surface area contributed by atoms with Crippen LogP contribution in [0, 0.1) is 0 Å². The normalized spacial score (nSPS) is 10.7. The Hall–Kier alpha value is -2.15. The molecule has 0 spiro atoms. The number of aromatic nitrogens is 1. The Balaban J connectivity index is 0.00000312. The van der Waals surface area contributed by atoms with Crippen molar-refractivity contribution >= 4 is 42.3 Å². The molecule has 1 aromatic heterocycles. The van der Waals surface area contributed by atoms with Crippen molar-refractivity contribution in [2.75, 3.05) is 5.32 Å². The number of halogens is 2. The van der Waals surface area contributed by atoms with Gasteiger partial charge in [-0.25, -0.2) is 0 Å². The van der Waals surface area contributed by atoms with E-state index in [2.05, 4.69) is 15.6 Å². The van der Waals surface area contributed by atoms with Crippen molar-refractivity contribution in [1.82, 2.24) is 10.3 Å². The zero-order chi connectivity index (χ0) is 17.4. The maximum Gasteiger partial charge on any atom is 0.255 e. The van der Waals surface area contributed by atoms with E-state index in [-0.39, 0.29) is 42.7 Å². The highest BCUT2D eigenvalue weighted by molar-refractivity contribution is 6.04. The molecule has 0 aliphatic heterocycles. The van der Waals surface area contributed by atoms with Gasteiger partial charge >= 0.3 is 0 Å². The van der Waals surface area contributed by atoms with Crippen LogP contribution in [0.15, 0.2) is 48.8 Å². The molecule has 0 saturated carbocycles. The first-order valence-corrected chi connectivity index (χ1v) is 7.87. The summed E-state index contributed by atoms with van der Waals surface area (Å²) in [5.41, 5.74) is 7.77. The van der Waals surface area contributed by atoms with Gasteiger partial charge in [-0.1, -0.05) is 12.1 Å². The third-order valence-electron chi connectivity index (χ3n) is 3.44. The number of carbonyl (C=O) groups is 2. The molecule has 1 atom stereocenters. The van der Waals surface area contributed by atoms with Gasteiger partial charge in [0.15, 0.2) is 0 Å². The first kappa shape index (κ1) is 23.9.